The Kier molecular flexibility index (Phi) is 5.16. The van der Waals surface area contributed by atoms with E-state index in [9.17, 15) is 4.79 Å². The minimum Gasteiger partial charge on any atom is -0.497 e. The first-order chi connectivity index (χ1) is 12.2. The number of amides is 1. The molecule has 0 unspecified atom stereocenters. The highest BCUT2D eigenvalue weighted by Crippen LogP contribution is 2.18. The lowest BCUT2D eigenvalue weighted by molar-refractivity contribution is 0.0945. The van der Waals surface area contributed by atoms with Crippen LogP contribution in [0, 0.1) is 0 Å². The number of hydrogen-bond acceptors (Lipinski definition) is 6. The van der Waals surface area contributed by atoms with Gasteiger partial charge in [0.1, 0.15) is 23.6 Å². The molecule has 2 aromatic heterocycles. The molecule has 1 aromatic carbocycles. The second-order valence-corrected chi connectivity index (χ2v) is 5.19. The predicted octanol–water partition coefficient (Wildman–Crippen LogP) is 2.55. The number of anilines is 2. The van der Waals surface area contributed by atoms with E-state index in [1.807, 2.05) is 36.4 Å². The fourth-order valence-corrected chi connectivity index (χ4v) is 2.15. The molecule has 0 saturated carbocycles. The third-order valence-electron chi connectivity index (χ3n) is 3.44. The van der Waals surface area contributed by atoms with Gasteiger partial charge in [0, 0.05) is 30.7 Å². The van der Waals surface area contributed by atoms with Gasteiger partial charge < -0.3 is 15.4 Å². The molecule has 25 heavy (non-hydrogen) atoms. The number of nitrogens with zero attached hydrogens (tertiary/aromatic N) is 3. The maximum atomic E-state index is 12.2. The standard InChI is InChI=1S/C18H17N5O2/c1-25-15-6-4-14(5-7-15)23-17-9-16(21-12-22-17)18(24)20-11-13-3-2-8-19-10-13/h2-10,12H,11H2,1H3,(H,20,24)(H,21,22,23). The van der Waals surface area contributed by atoms with Gasteiger partial charge in [-0.05, 0) is 35.9 Å². The van der Waals surface area contributed by atoms with Crippen molar-refractivity contribution in [2.75, 3.05) is 12.4 Å². The molecular weight excluding hydrogens is 318 g/mol. The molecule has 2 N–H and O–H groups in total. The Morgan fingerprint density at radius 2 is 2.00 bits per heavy atom. The first kappa shape index (κ1) is 16.4. The van der Waals surface area contributed by atoms with Crippen LogP contribution in [0.25, 0.3) is 0 Å². The Hall–Kier alpha value is -3.48. The zero-order valence-corrected chi connectivity index (χ0v) is 13.6. The van der Waals surface area contributed by atoms with E-state index in [0.717, 1.165) is 17.0 Å². The molecule has 2 heterocycles. The van der Waals surface area contributed by atoms with Gasteiger partial charge in [0.15, 0.2) is 0 Å². The van der Waals surface area contributed by atoms with Crippen molar-refractivity contribution < 1.29 is 9.53 Å². The molecule has 0 fully saturated rings. The molecule has 0 atom stereocenters. The minimum absolute atomic E-state index is 0.274. The van der Waals surface area contributed by atoms with Gasteiger partial charge in [-0.1, -0.05) is 6.07 Å². The molecule has 0 radical (unpaired) electrons. The van der Waals surface area contributed by atoms with Crippen molar-refractivity contribution in [2.24, 2.45) is 0 Å². The molecule has 7 heteroatoms. The SMILES string of the molecule is COc1ccc(Nc2cc(C(=O)NCc3cccnc3)ncn2)cc1. The van der Waals surface area contributed by atoms with E-state index in [4.69, 9.17) is 4.74 Å². The first-order valence-corrected chi connectivity index (χ1v) is 7.65. The third-order valence-corrected chi connectivity index (χ3v) is 3.44. The maximum absolute atomic E-state index is 12.2. The van der Waals surface area contributed by atoms with E-state index in [1.54, 1.807) is 25.6 Å². The van der Waals surface area contributed by atoms with E-state index >= 15 is 0 Å². The van der Waals surface area contributed by atoms with Crippen LogP contribution in [0.15, 0.2) is 61.2 Å². The number of benzene rings is 1. The van der Waals surface area contributed by atoms with Crippen LogP contribution in [0.2, 0.25) is 0 Å². The number of rotatable bonds is 6. The molecule has 0 aliphatic heterocycles. The zero-order chi connectivity index (χ0) is 17.5. The molecule has 3 aromatic rings. The van der Waals surface area contributed by atoms with Gasteiger partial charge in [0.25, 0.3) is 5.91 Å². The normalized spacial score (nSPS) is 10.1. The van der Waals surface area contributed by atoms with Gasteiger partial charge in [-0.3, -0.25) is 9.78 Å². The highest BCUT2D eigenvalue weighted by molar-refractivity contribution is 5.92. The summed E-state index contributed by atoms with van der Waals surface area (Å²) in [6.07, 6.45) is 4.74. The fraction of sp³-hybridized carbons (Fsp3) is 0.111. The summed E-state index contributed by atoms with van der Waals surface area (Å²) < 4.78 is 5.12. The Morgan fingerprint density at radius 3 is 2.72 bits per heavy atom. The second kappa shape index (κ2) is 7.87. The van der Waals surface area contributed by atoms with Crippen LogP contribution >= 0.6 is 0 Å². The van der Waals surface area contributed by atoms with Crippen LogP contribution in [-0.2, 0) is 6.54 Å². The molecule has 7 nitrogen and oxygen atoms in total. The van der Waals surface area contributed by atoms with Gasteiger partial charge in [-0.2, -0.15) is 0 Å². The van der Waals surface area contributed by atoms with Crippen LogP contribution in [0.5, 0.6) is 5.75 Å². The second-order valence-electron chi connectivity index (χ2n) is 5.19. The van der Waals surface area contributed by atoms with Crippen molar-refractivity contribution >= 4 is 17.4 Å². The lowest BCUT2D eigenvalue weighted by atomic mass is 10.2. The van der Waals surface area contributed by atoms with Gasteiger partial charge in [-0.25, -0.2) is 9.97 Å². The number of carbonyl (C=O) groups excluding carboxylic acids is 1. The number of carbonyl (C=O) groups is 1. The van der Waals surface area contributed by atoms with Crippen molar-refractivity contribution in [2.45, 2.75) is 6.54 Å². The Balaban J connectivity index is 1.64. The van der Waals surface area contributed by atoms with E-state index in [2.05, 4.69) is 25.6 Å². The summed E-state index contributed by atoms with van der Waals surface area (Å²) in [4.78, 5) is 24.4. The molecule has 0 aliphatic carbocycles. The minimum atomic E-state index is -0.274. The van der Waals surface area contributed by atoms with Crippen molar-refractivity contribution in [3.05, 3.63) is 72.4 Å². The topological polar surface area (TPSA) is 89.0 Å². The molecule has 1 amide bonds. The largest absolute Gasteiger partial charge is 0.497 e. The Bertz CT molecular complexity index is 838. The maximum Gasteiger partial charge on any atom is 0.270 e. The number of aromatic nitrogens is 3. The molecule has 0 aliphatic rings. The number of pyridine rings is 1. The van der Waals surface area contributed by atoms with E-state index < -0.39 is 0 Å². The van der Waals surface area contributed by atoms with Crippen molar-refractivity contribution in [3.8, 4) is 5.75 Å². The summed E-state index contributed by atoms with van der Waals surface area (Å²) >= 11 is 0. The van der Waals surface area contributed by atoms with Crippen LogP contribution in [-0.4, -0.2) is 28.0 Å². The van der Waals surface area contributed by atoms with Crippen molar-refractivity contribution in [1.82, 2.24) is 20.3 Å². The van der Waals surface area contributed by atoms with Gasteiger partial charge in [0.2, 0.25) is 0 Å². The fourth-order valence-electron chi connectivity index (χ4n) is 2.15. The Labute approximate surface area is 145 Å². The van der Waals surface area contributed by atoms with E-state index in [-0.39, 0.29) is 11.6 Å². The summed E-state index contributed by atoms with van der Waals surface area (Å²) in [7, 11) is 1.61. The Morgan fingerprint density at radius 1 is 1.16 bits per heavy atom. The van der Waals surface area contributed by atoms with E-state index in [1.165, 1.54) is 6.33 Å². The molecule has 3 rings (SSSR count). The average Bonchev–Trinajstić information content (AvgIpc) is 2.68. The van der Waals surface area contributed by atoms with Gasteiger partial charge in [0.05, 0.1) is 7.11 Å². The highest BCUT2D eigenvalue weighted by atomic mass is 16.5. The smallest absolute Gasteiger partial charge is 0.270 e. The quantitative estimate of drug-likeness (QED) is 0.720. The van der Waals surface area contributed by atoms with Crippen LogP contribution < -0.4 is 15.4 Å². The molecule has 126 valence electrons. The van der Waals surface area contributed by atoms with Crippen molar-refractivity contribution in [3.63, 3.8) is 0 Å². The van der Waals surface area contributed by atoms with Crippen molar-refractivity contribution in [1.29, 1.82) is 0 Å². The summed E-state index contributed by atoms with van der Waals surface area (Å²) in [5.74, 6) is 1.03. The summed E-state index contributed by atoms with van der Waals surface area (Å²) in [6.45, 7) is 0.387. The number of ether oxygens (including phenoxy) is 1. The lowest BCUT2D eigenvalue weighted by Crippen LogP contribution is -2.24. The molecule has 0 spiro atoms. The zero-order valence-electron chi connectivity index (χ0n) is 13.6. The van der Waals surface area contributed by atoms with E-state index in [0.29, 0.717) is 12.4 Å². The third kappa shape index (κ3) is 4.51. The molecule has 0 bridgehead atoms. The van der Waals surface area contributed by atoms with Gasteiger partial charge in [-0.15, -0.1) is 0 Å². The number of nitrogens with one attached hydrogen (secondary N) is 2. The summed E-state index contributed by atoms with van der Waals surface area (Å²) in [5.41, 5.74) is 2.04. The average molecular weight is 335 g/mol. The predicted molar refractivity (Wildman–Crippen MR) is 93.7 cm³/mol. The lowest BCUT2D eigenvalue weighted by Gasteiger charge is -2.08. The van der Waals surface area contributed by atoms with Gasteiger partial charge >= 0.3 is 0 Å². The van der Waals surface area contributed by atoms with Crippen LogP contribution in [0.3, 0.4) is 0 Å². The first-order valence-electron chi connectivity index (χ1n) is 7.65. The molecule has 0 saturated heterocycles. The molecular formula is C18H17N5O2. The summed E-state index contributed by atoms with van der Waals surface area (Å²) in [6, 6.07) is 12.7. The number of methoxy groups -OCH3 is 1. The highest BCUT2D eigenvalue weighted by Gasteiger charge is 2.09. The number of hydrogen-bond donors (Lipinski definition) is 2. The summed E-state index contributed by atoms with van der Waals surface area (Å²) in [5, 5.41) is 5.94. The monoisotopic (exact) mass is 335 g/mol. The van der Waals surface area contributed by atoms with Crippen LogP contribution in [0.4, 0.5) is 11.5 Å². The van der Waals surface area contributed by atoms with Crippen LogP contribution in [0.1, 0.15) is 16.1 Å².